The number of hydrogen-bond donors (Lipinski definition) is 1. The second-order valence-corrected chi connectivity index (χ2v) is 4.88. The van der Waals surface area contributed by atoms with Gasteiger partial charge in [-0.25, -0.2) is 0 Å². The molecule has 18 heavy (non-hydrogen) atoms. The number of carbonyl (C=O) groups is 1. The van der Waals surface area contributed by atoms with Crippen LogP contribution in [0, 0.1) is 5.92 Å². The van der Waals surface area contributed by atoms with Crippen molar-refractivity contribution >= 4 is 5.91 Å². The fourth-order valence-corrected chi connectivity index (χ4v) is 2.43. The fourth-order valence-electron chi connectivity index (χ4n) is 2.43. The van der Waals surface area contributed by atoms with Crippen LogP contribution in [0.3, 0.4) is 0 Å². The number of hydrogen-bond acceptors (Lipinski definition) is 3. The van der Waals surface area contributed by atoms with Gasteiger partial charge in [0, 0.05) is 13.0 Å². The van der Waals surface area contributed by atoms with Crippen molar-refractivity contribution < 1.29 is 9.21 Å². The molecule has 1 aromatic rings. The highest BCUT2D eigenvalue weighted by atomic mass is 16.3. The van der Waals surface area contributed by atoms with Crippen LogP contribution in [0.4, 0.5) is 0 Å². The van der Waals surface area contributed by atoms with Gasteiger partial charge in [-0.3, -0.25) is 4.79 Å². The lowest BCUT2D eigenvalue weighted by atomic mass is 9.94. The smallest absolute Gasteiger partial charge is 0.223 e. The van der Waals surface area contributed by atoms with E-state index < -0.39 is 0 Å². The summed E-state index contributed by atoms with van der Waals surface area (Å²) in [6, 6.07) is 3.78. The molecule has 0 saturated carbocycles. The van der Waals surface area contributed by atoms with Crippen LogP contribution in [-0.4, -0.2) is 30.4 Å². The molecule has 1 amide bonds. The van der Waals surface area contributed by atoms with Crippen LogP contribution in [0.25, 0.3) is 0 Å². The van der Waals surface area contributed by atoms with Gasteiger partial charge in [-0.15, -0.1) is 0 Å². The van der Waals surface area contributed by atoms with Gasteiger partial charge in [0.05, 0.1) is 12.8 Å². The van der Waals surface area contributed by atoms with E-state index in [-0.39, 0.29) is 5.91 Å². The third-order valence-corrected chi connectivity index (χ3v) is 3.58. The molecule has 1 aromatic heterocycles. The molecule has 4 nitrogen and oxygen atoms in total. The predicted molar refractivity (Wildman–Crippen MR) is 70.0 cm³/mol. The van der Waals surface area contributed by atoms with E-state index in [2.05, 4.69) is 5.32 Å². The molecule has 1 N–H and O–H groups in total. The lowest BCUT2D eigenvalue weighted by molar-refractivity contribution is -0.133. The van der Waals surface area contributed by atoms with Crippen molar-refractivity contribution in [3.05, 3.63) is 24.2 Å². The van der Waals surface area contributed by atoms with Gasteiger partial charge in [-0.2, -0.15) is 0 Å². The molecule has 0 atom stereocenters. The third kappa shape index (κ3) is 3.60. The Kier molecular flexibility index (Phi) is 4.81. The Balaban J connectivity index is 1.84. The van der Waals surface area contributed by atoms with Crippen molar-refractivity contribution in [1.29, 1.82) is 0 Å². The highest BCUT2D eigenvalue weighted by Gasteiger charge is 2.20. The summed E-state index contributed by atoms with van der Waals surface area (Å²) < 4.78 is 5.30. The van der Waals surface area contributed by atoms with E-state index >= 15 is 0 Å². The summed E-state index contributed by atoms with van der Waals surface area (Å²) in [5.41, 5.74) is 0. The van der Waals surface area contributed by atoms with Gasteiger partial charge in [0.1, 0.15) is 5.76 Å². The van der Waals surface area contributed by atoms with E-state index in [9.17, 15) is 4.79 Å². The van der Waals surface area contributed by atoms with E-state index in [4.69, 9.17) is 4.42 Å². The molecule has 0 spiro atoms. The minimum Gasteiger partial charge on any atom is -0.467 e. The number of nitrogens with one attached hydrogen (secondary N) is 1. The lowest BCUT2D eigenvalue weighted by Gasteiger charge is -2.26. The molecule has 100 valence electrons. The zero-order valence-electron chi connectivity index (χ0n) is 11.0. The molecule has 0 radical (unpaired) electrons. The van der Waals surface area contributed by atoms with E-state index in [0.717, 1.165) is 38.2 Å². The molecular formula is C14H22N2O2. The van der Waals surface area contributed by atoms with Crippen LogP contribution < -0.4 is 5.32 Å². The van der Waals surface area contributed by atoms with Crippen molar-refractivity contribution in [3.63, 3.8) is 0 Å². The summed E-state index contributed by atoms with van der Waals surface area (Å²) in [6.45, 7) is 5.44. The lowest BCUT2D eigenvalue weighted by Crippen LogP contribution is -2.34. The second kappa shape index (κ2) is 6.59. The maximum absolute atomic E-state index is 12.2. The van der Waals surface area contributed by atoms with Gasteiger partial charge >= 0.3 is 0 Å². The molecule has 1 saturated heterocycles. The number of furan rings is 1. The average molecular weight is 250 g/mol. The Morgan fingerprint density at radius 2 is 2.28 bits per heavy atom. The van der Waals surface area contributed by atoms with Gasteiger partial charge < -0.3 is 14.6 Å². The van der Waals surface area contributed by atoms with Crippen LogP contribution in [0.5, 0.6) is 0 Å². The Morgan fingerprint density at radius 3 is 2.89 bits per heavy atom. The van der Waals surface area contributed by atoms with Crippen LogP contribution >= 0.6 is 0 Å². The zero-order chi connectivity index (χ0) is 12.8. The first-order valence-corrected chi connectivity index (χ1v) is 6.80. The molecule has 1 fully saturated rings. The third-order valence-electron chi connectivity index (χ3n) is 3.58. The van der Waals surface area contributed by atoms with Crippen molar-refractivity contribution in [2.45, 2.75) is 32.7 Å². The molecule has 0 unspecified atom stereocenters. The van der Waals surface area contributed by atoms with Gasteiger partial charge in [0.2, 0.25) is 5.91 Å². The normalized spacial score (nSPS) is 16.7. The first-order valence-electron chi connectivity index (χ1n) is 6.80. The highest BCUT2D eigenvalue weighted by molar-refractivity contribution is 5.76. The maximum atomic E-state index is 12.2. The van der Waals surface area contributed by atoms with Gasteiger partial charge in [-0.1, -0.05) is 0 Å². The summed E-state index contributed by atoms with van der Waals surface area (Å²) >= 11 is 0. The second-order valence-electron chi connectivity index (χ2n) is 4.88. The first kappa shape index (κ1) is 13.1. The summed E-state index contributed by atoms with van der Waals surface area (Å²) in [5, 5.41) is 3.33. The summed E-state index contributed by atoms with van der Waals surface area (Å²) in [7, 11) is 0. The Labute approximate surface area is 108 Å². The fraction of sp³-hybridized carbons (Fsp3) is 0.643. The van der Waals surface area contributed by atoms with Gasteiger partial charge in [-0.05, 0) is 50.9 Å². The van der Waals surface area contributed by atoms with E-state index in [1.807, 2.05) is 24.0 Å². The maximum Gasteiger partial charge on any atom is 0.223 e. The quantitative estimate of drug-likeness (QED) is 0.869. The molecule has 0 aromatic carbocycles. The first-order chi connectivity index (χ1) is 8.79. The average Bonchev–Trinajstić information content (AvgIpc) is 2.90. The summed E-state index contributed by atoms with van der Waals surface area (Å²) in [6.07, 6.45) is 4.56. The molecule has 2 rings (SSSR count). The number of piperidine rings is 1. The monoisotopic (exact) mass is 250 g/mol. The van der Waals surface area contributed by atoms with E-state index in [0.29, 0.717) is 18.9 Å². The van der Waals surface area contributed by atoms with Crippen molar-refractivity contribution in [2.75, 3.05) is 19.6 Å². The molecule has 4 heteroatoms. The van der Waals surface area contributed by atoms with Gasteiger partial charge in [0.25, 0.3) is 0 Å². The minimum absolute atomic E-state index is 0.251. The predicted octanol–water partition coefficient (Wildman–Crippen LogP) is 2.02. The molecule has 0 bridgehead atoms. The highest BCUT2D eigenvalue weighted by Crippen LogP contribution is 2.18. The van der Waals surface area contributed by atoms with E-state index in [1.54, 1.807) is 6.26 Å². The van der Waals surface area contributed by atoms with Crippen LogP contribution in [-0.2, 0) is 11.3 Å². The topological polar surface area (TPSA) is 45.5 Å². The number of amides is 1. The van der Waals surface area contributed by atoms with E-state index in [1.165, 1.54) is 0 Å². The number of carbonyl (C=O) groups excluding carboxylic acids is 1. The van der Waals surface area contributed by atoms with Crippen molar-refractivity contribution in [1.82, 2.24) is 10.2 Å². The van der Waals surface area contributed by atoms with Crippen LogP contribution in [0.15, 0.2) is 22.8 Å². The molecule has 0 aliphatic carbocycles. The zero-order valence-corrected chi connectivity index (χ0v) is 11.0. The number of rotatable bonds is 5. The molecule has 1 aliphatic heterocycles. The summed E-state index contributed by atoms with van der Waals surface area (Å²) in [5.74, 6) is 1.65. The standard InChI is InChI=1S/C14H22N2O2/c1-2-16(11-13-4-3-9-18-13)14(17)10-12-5-7-15-8-6-12/h3-4,9,12,15H,2,5-8,10-11H2,1H3. The van der Waals surface area contributed by atoms with Crippen LogP contribution in [0.1, 0.15) is 31.9 Å². The minimum atomic E-state index is 0.251. The van der Waals surface area contributed by atoms with Crippen LogP contribution in [0.2, 0.25) is 0 Å². The Bertz CT molecular complexity index is 356. The molecule has 2 heterocycles. The Morgan fingerprint density at radius 1 is 1.50 bits per heavy atom. The summed E-state index contributed by atoms with van der Waals surface area (Å²) in [4.78, 5) is 14.1. The van der Waals surface area contributed by atoms with Gasteiger partial charge in [0.15, 0.2) is 0 Å². The Hall–Kier alpha value is -1.29. The van der Waals surface area contributed by atoms with Crippen molar-refractivity contribution in [3.8, 4) is 0 Å². The van der Waals surface area contributed by atoms with Crippen molar-refractivity contribution in [2.24, 2.45) is 5.92 Å². The largest absolute Gasteiger partial charge is 0.467 e. The number of nitrogens with zero attached hydrogens (tertiary/aromatic N) is 1. The molecular weight excluding hydrogens is 228 g/mol. The SMILES string of the molecule is CCN(Cc1ccco1)C(=O)CC1CCNCC1. The molecule has 1 aliphatic rings.